The lowest BCUT2D eigenvalue weighted by atomic mass is 9.86. The highest BCUT2D eigenvalue weighted by molar-refractivity contribution is 5.76. The van der Waals surface area contributed by atoms with Crippen LogP contribution in [0, 0.1) is 5.92 Å². The zero-order valence-electron chi connectivity index (χ0n) is 19.9. The maximum Gasteiger partial charge on any atom is 0.410 e. The number of imidazole rings is 1. The van der Waals surface area contributed by atoms with Crippen molar-refractivity contribution in [3.63, 3.8) is 0 Å². The number of nitrogens with one attached hydrogen (secondary N) is 1. The van der Waals surface area contributed by atoms with Gasteiger partial charge in [0.2, 0.25) is 11.8 Å². The number of aromatic nitrogens is 4. The first kappa shape index (κ1) is 22.7. The van der Waals surface area contributed by atoms with Gasteiger partial charge in [0.15, 0.2) is 0 Å². The number of fused-ring (bicyclic) bond motifs is 1. The fraction of sp³-hybridized carbons (Fsp3) is 0.560. The Morgan fingerprint density at radius 2 is 1.94 bits per heavy atom. The fourth-order valence-corrected chi connectivity index (χ4v) is 5.02. The molecule has 5 rings (SSSR count). The summed E-state index contributed by atoms with van der Waals surface area (Å²) in [5.74, 6) is 1.28. The van der Waals surface area contributed by atoms with Crippen LogP contribution in [0.15, 0.2) is 24.3 Å². The third kappa shape index (κ3) is 4.61. The molecule has 2 N–H and O–H groups in total. The SMILES string of the molecule is CC(C)OC(=O)N1CCC(c2nn(-c3nc4ccccc4[nH]3)c(O)c2CC2CCOCC2)CC1. The lowest BCUT2D eigenvalue weighted by molar-refractivity contribution is 0.0660. The van der Waals surface area contributed by atoms with E-state index < -0.39 is 0 Å². The van der Waals surface area contributed by atoms with E-state index in [1.165, 1.54) is 0 Å². The number of amides is 1. The summed E-state index contributed by atoms with van der Waals surface area (Å²) in [4.78, 5) is 22.0. The van der Waals surface area contributed by atoms with Crippen molar-refractivity contribution < 1.29 is 19.4 Å². The number of ether oxygens (including phenoxy) is 2. The average molecular weight is 468 g/mol. The third-order valence-corrected chi connectivity index (χ3v) is 6.88. The largest absolute Gasteiger partial charge is 0.493 e. The molecule has 0 atom stereocenters. The number of hydrogen-bond donors (Lipinski definition) is 2. The molecule has 2 aliphatic rings. The molecule has 0 saturated carbocycles. The number of benzene rings is 1. The van der Waals surface area contributed by atoms with E-state index in [0.29, 0.717) is 25.0 Å². The summed E-state index contributed by atoms with van der Waals surface area (Å²) in [5.41, 5.74) is 3.55. The molecule has 34 heavy (non-hydrogen) atoms. The van der Waals surface area contributed by atoms with Crippen molar-refractivity contribution in [1.82, 2.24) is 24.6 Å². The zero-order valence-corrected chi connectivity index (χ0v) is 19.9. The minimum absolute atomic E-state index is 0.132. The number of aromatic amines is 1. The number of likely N-dealkylation sites (tertiary alicyclic amines) is 1. The monoisotopic (exact) mass is 467 g/mol. The normalized spacial score (nSPS) is 18.1. The van der Waals surface area contributed by atoms with Gasteiger partial charge < -0.3 is 24.5 Å². The van der Waals surface area contributed by atoms with Gasteiger partial charge in [0.1, 0.15) is 0 Å². The van der Waals surface area contributed by atoms with Crippen molar-refractivity contribution in [3.8, 4) is 11.8 Å². The highest BCUT2D eigenvalue weighted by Gasteiger charge is 2.32. The molecule has 0 bridgehead atoms. The maximum absolute atomic E-state index is 12.3. The van der Waals surface area contributed by atoms with Gasteiger partial charge in [-0.05, 0) is 64.0 Å². The van der Waals surface area contributed by atoms with E-state index in [-0.39, 0.29) is 24.0 Å². The standard InChI is InChI=1S/C25H33N5O4/c1-16(2)34-25(32)29-11-7-18(8-12-29)22-19(15-17-9-13-33-14-10-17)23(31)30(28-22)24-26-20-5-3-4-6-21(20)27-24/h3-6,16-18,31H,7-15H2,1-2H3,(H,26,27). The summed E-state index contributed by atoms with van der Waals surface area (Å²) in [7, 11) is 0. The number of carbonyl (C=O) groups excluding carboxylic acids is 1. The predicted molar refractivity (Wildman–Crippen MR) is 127 cm³/mol. The Hall–Kier alpha value is -3.07. The summed E-state index contributed by atoms with van der Waals surface area (Å²) in [6.45, 7) is 6.47. The van der Waals surface area contributed by atoms with Crippen LogP contribution in [0.3, 0.4) is 0 Å². The number of carbonyl (C=O) groups is 1. The molecule has 3 aromatic rings. The van der Waals surface area contributed by atoms with E-state index in [1.54, 1.807) is 9.58 Å². The van der Waals surface area contributed by atoms with Crippen LogP contribution in [0.5, 0.6) is 5.88 Å². The molecule has 1 amide bonds. The molecule has 9 heteroatoms. The number of H-pyrrole nitrogens is 1. The third-order valence-electron chi connectivity index (χ3n) is 6.88. The molecule has 2 fully saturated rings. The van der Waals surface area contributed by atoms with Crippen LogP contribution in [0.2, 0.25) is 0 Å². The van der Waals surface area contributed by atoms with Crippen LogP contribution >= 0.6 is 0 Å². The van der Waals surface area contributed by atoms with Gasteiger partial charge in [-0.1, -0.05) is 12.1 Å². The molecule has 0 radical (unpaired) electrons. The first-order valence-electron chi connectivity index (χ1n) is 12.3. The van der Waals surface area contributed by atoms with Crippen LogP contribution in [-0.2, 0) is 15.9 Å². The smallest absolute Gasteiger partial charge is 0.410 e. The lowest BCUT2D eigenvalue weighted by Gasteiger charge is -2.31. The van der Waals surface area contributed by atoms with Crippen LogP contribution in [-0.4, -0.2) is 68.3 Å². The van der Waals surface area contributed by atoms with Gasteiger partial charge >= 0.3 is 6.09 Å². The quantitative estimate of drug-likeness (QED) is 0.584. The van der Waals surface area contributed by atoms with Crippen molar-refractivity contribution in [3.05, 3.63) is 35.5 Å². The van der Waals surface area contributed by atoms with Crippen molar-refractivity contribution in [2.45, 2.75) is 58.0 Å². The van der Waals surface area contributed by atoms with Crippen LogP contribution in [0.1, 0.15) is 56.7 Å². The summed E-state index contributed by atoms with van der Waals surface area (Å²) < 4.78 is 12.4. The van der Waals surface area contributed by atoms with Crippen molar-refractivity contribution >= 4 is 17.1 Å². The molecular weight excluding hydrogens is 434 g/mol. The maximum atomic E-state index is 12.3. The second-order valence-corrected chi connectivity index (χ2v) is 9.63. The second kappa shape index (κ2) is 9.66. The van der Waals surface area contributed by atoms with Crippen LogP contribution in [0.25, 0.3) is 17.0 Å². The van der Waals surface area contributed by atoms with Gasteiger partial charge in [0.25, 0.3) is 0 Å². The van der Waals surface area contributed by atoms with Crippen LogP contribution in [0.4, 0.5) is 4.79 Å². The summed E-state index contributed by atoms with van der Waals surface area (Å²) in [6, 6.07) is 7.79. The molecule has 9 nitrogen and oxygen atoms in total. The first-order chi connectivity index (χ1) is 16.5. The molecule has 182 valence electrons. The predicted octanol–water partition coefficient (Wildman–Crippen LogP) is 4.15. The number of piperidine rings is 1. The van der Waals surface area contributed by atoms with Gasteiger partial charge in [-0.15, -0.1) is 0 Å². The summed E-state index contributed by atoms with van der Waals surface area (Å²) in [6.07, 6.45) is 3.90. The van der Waals surface area contributed by atoms with Crippen molar-refractivity contribution in [2.75, 3.05) is 26.3 Å². The van der Waals surface area contributed by atoms with E-state index in [2.05, 4.69) is 9.97 Å². The highest BCUT2D eigenvalue weighted by Crippen LogP contribution is 2.37. The van der Waals surface area contributed by atoms with E-state index in [4.69, 9.17) is 14.6 Å². The average Bonchev–Trinajstić information content (AvgIpc) is 3.41. The Kier molecular flexibility index (Phi) is 6.45. The summed E-state index contributed by atoms with van der Waals surface area (Å²) in [5, 5.41) is 16.2. The molecule has 0 unspecified atom stereocenters. The molecule has 1 aromatic carbocycles. The molecule has 4 heterocycles. The Balaban J connectivity index is 1.43. The van der Waals surface area contributed by atoms with E-state index >= 15 is 0 Å². The van der Waals surface area contributed by atoms with Crippen molar-refractivity contribution in [1.29, 1.82) is 0 Å². The highest BCUT2D eigenvalue weighted by atomic mass is 16.6. The van der Waals surface area contributed by atoms with Gasteiger partial charge in [-0.25, -0.2) is 9.78 Å². The molecular formula is C25H33N5O4. The number of para-hydroxylation sites is 2. The number of aromatic hydroxyl groups is 1. The van der Waals surface area contributed by atoms with Gasteiger partial charge in [-0.3, -0.25) is 0 Å². The van der Waals surface area contributed by atoms with E-state index in [0.717, 1.165) is 67.6 Å². The van der Waals surface area contributed by atoms with Crippen molar-refractivity contribution in [2.24, 2.45) is 5.92 Å². The number of rotatable bonds is 5. The lowest BCUT2D eigenvalue weighted by Crippen LogP contribution is -2.39. The van der Waals surface area contributed by atoms with Gasteiger partial charge in [-0.2, -0.15) is 9.78 Å². The van der Waals surface area contributed by atoms with Gasteiger partial charge in [0, 0.05) is 37.8 Å². The molecule has 2 aliphatic heterocycles. The van der Waals surface area contributed by atoms with E-state index in [9.17, 15) is 9.90 Å². The summed E-state index contributed by atoms with van der Waals surface area (Å²) >= 11 is 0. The van der Waals surface area contributed by atoms with Gasteiger partial charge in [0.05, 0.1) is 22.8 Å². The van der Waals surface area contributed by atoms with Crippen LogP contribution < -0.4 is 0 Å². The Labute approximate surface area is 199 Å². The molecule has 0 spiro atoms. The first-order valence-corrected chi connectivity index (χ1v) is 12.3. The fourth-order valence-electron chi connectivity index (χ4n) is 5.02. The minimum atomic E-state index is -0.258. The number of nitrogens with zero attached hydrogens (tertiary/aromatic N) is 4. The molecule has 2 aromatic heterocycles. The minimum Gasteiger partial charge on any atom is -0.493 e. The Morgan fingerprint density at radius 1 is 1.21 bits per heavy atom. The topological polar surface area (TPSA) is 106 Å². The Morgan fingerprint density at radius 3 is 2.65 bits per heavy atom. The molecule has 2 saturated heterocycles. The number of hydrogen-bond acceptors (Lipinski definition) is 6. The molecule has 0 aliphatic carbocycles. The second-order valence-electron chi connectivity index (χ2n) is 9.63. The van der Waals surface area contributed by atoms with E-state index in [1.807, 2.05) is 38.1 Å². The Bertz CT molecular complexity index is 1110. The zero-order chi connectivity index (χ0) is 23.7.